The van der Waals surface area contributed by atoms with Gasteiger partial charge in [-0.2, -0.15) is 8.42 Å². The van der Waals surface area contributed by atoms with Crippen LogP contribution in [-0.4, -0.2) is 50.1 Å². The summed E-state index contributed by atoms with van der Waals surface area (Å²) in [6.07, 6.45) is -4.06. The molecule has 1 aliphatic heterocycles. The Morgan fingerprint density at radius 3 is 2.33 bits per heavy atom. The first-order valence-corrected chi connectivity index (χ1v) is 16.7. The highest BCUT2D eigenvalue weighted by molar-refractivity contribution is 9.10. The van der Waals surface area contributed by atoms with Gasteiger partial charge >= 0.3 is 0 Å². The number of hydrogen-bond acceptors (Lipinski definition) is 6. The molecule has 13 heteroatoms. The van der Waals surface area contributed by atoms with Gasteiger partial charge in [0, 0.05) is 33.1 Å². The van der Waals surface area contributed by atoms with Crippen LogP contribution in [0.15, 0.2) is 81.0 Å². The second kappa shape index (κ2) is 10.7. The summed E-state index contributed by atoms with van der Waals surface area (Å²) in [6, 6.07) is 15.9. The highest BCUT2D eigenvalue weighted by Gasteiger charge is 2.56. The molecule has 224 valence electrons. The molecule has 4 aromatic rings. The third-order valence-electron chi connectivity index (χ3n) is 7.61. The number of benzene rings is 3. The number of aliphatic hydroxyl groups is 1. The number of aromatic nitrogens is 1. The van der Waals surface area contributed by atoms with E-state index >= 15 is 8.78 Å². The SMILES string of the molecule is CC(C)(CC(O)(C(F)F)C(c1cc2cc(Br)ccc2[nH]1)S(=O)(=O)c1ccccc1)c1cc(S(=O)(=O)O)cc2c1OCC2. The molecule has 0 spiro atoms. The number of nitrogens with one attached hydrogen (secondary N) is 1. The molecule has 0 amide bonds. The maximum atomic E-state index is 15.3. The van der Waals surface area contributed by atoms with Gasteiger partial charge in [0.15, 0.2) is 9.84 Å². The minimum atomic E-state index is -4.68. The molecule has 0 radical (unpaired) electrons. The van der Waals surface area contributed by atoms with Gasteiger partial charge in [-0.1, -0.05) is 48.0 Å². The zero-order valence-corrected chi connectivity index (χ0v) is 25.7. The van der Waals surface area contributed by atoms with Crippen molar-refractivity contribution in [3.63, 3.8) is 0 Å². The van der Waals surface area contributed by atoms with Crippen molar-refractivity contribution in [3.05, 3.63) is 88.0 Å². The van der Waals surface area contributed by atoms with Crippen LogP contribution in [0, 0.1) is 0 Å². The average Bonchev–Trinajstić information content (AvgIpc) is 3.54. The smallest absolute Gasteiger partial charge is 0.294 e. The van der Waals surface area contributed by atoms with E-state index in [9.17, 15) is 26.5 Å². The normalized spacial score (nSPS) is 16.3. The van der Waals surface area contributed by atoms with Crippen molar-refractivity contribution >= 4 is 46.8 Å². The molecule has 0 bridgehead atoms. The lowest BCUT2D eigenvalue weighted by Crippen LogP contribution is -2.50. The van der Waals surface area contributed by atoms with E-state index in [4.69, 9.17) is 4.74 Å². The first-order chi connectivity index (χ1) is 19.5. The summed E-state index contributed by atoms with van der Waals surface area (Å²) >= 11 is 3.35. The Kier molecular flexibility index (Phi) is 7.80. The largest absolute Gasteiger partial charge is 0.493 e. The fourth-order valence-corrected chi connectivity index (χ4v) is 8.67. The molecule has 0 aliphatic carbocycles. The predicted octanol–water partition coefficient (Wildman–Crippen LogP) is 5.99. The zero-order valence-electron chi connectivity index (χ0n) is 22.5. The lowest BCUT2D eigenvalue weighted by Gasteiger charge is -2.41. The van der Waals surface area contributed by atoms with Crippen LogP contribution in [0.2, 0.25) is 0 Å². The molecule has 3 N–H and O–H groups in total. The minimum absolute atomic E-state index is 0.139. The number of ether oxygens (including phenoxy) is 1. The molecule has 8 nitrogen and oxygen atoms in total. The number of aromatic amines is 1. The summed E-state index contributed by atoms with van der Waals surface area (Å²) in [4.78, 5) is 2.21. The number of hydrogen-bond donors (Lipinski definition) is 3. The van der Waals surface area contributed by atoms with Gasteiger partial charge in [-0.25, -0.2) is 17.2 Å². The van der Waals surface area contributed by atoms with Crippen molar-refractivity contribution in [2.45, 2.75) is 59.2 Å². The van der Waals surface area contributed by atoms with E-state index in [2.05, 4.69) is 20.9 Å². The van der Waals surface area contributed by atoms with Crippen molar-refractivity contribution < 1.29 is 40.0 Å². The van der Waals surface area contributed by atoms with Crippen molar-refractivity contribution in [1.82, 2.24) is 4.98 Å². The highest BCUT2D eigenvalue weighted by atomic mass is 79.9. The fraction of sp³-hybridized carbons (Fsp3) is 0.310. The topological polar surface area (TPSA) is 134 Å². The molecule has 3 aromatic carbocycles. The Hall–Kier alpha value is -2.84. The molecule has 2 unspecified atom stereocenters. The van der Waals surface area contributed by atoms with Crippen LogP contribution in [0.3, 0.4) is 0 Å². The molecular formula is C29H28BrF2NO7S2. The Morgan fingerprint density at radius 1 is 1.00 bits per heavy atom. The Morgan fingerprint density at radius 2 is 1.69 bits per heavy atom. The van der Waals surface area contributed by atoms with E-state index in [0.29, 0.717) is 27.4 Å². The summed E-state index contributed by atoms with van der Waals surface area (Å²) in [5.41, 5.74) is -3.73. The highest BCUT2D eigenvalue weighted by Crippen LogP contribution is 2.50. The molecule has 0 saturated heterocycles. The quantitative estimate of drug-likeness (QED) is 0.185. The van der Waals surface area contributed by atoms with Crippen LogP contribution in [0.25, 0.3) is 10.9 Å². The molecule has 2 heterocycles. The van der Waals surface area contributed by atoms with Crippen molar-refractivity contribution in [2.75, 3.05) is 6.61 Å². The number of rotatable bonds is 9. The van der Waals surface area contributed by atoms with E-state index in [-0.39, 0.29) is 28.5 Å². The lowest BCUT2D eigenvalue weighted by molar-refractivity contribution is -0.114. The van der Waals surface area contributed by atoms with Gasteiger partial charge in [-0.3, -0.25) is 4.55 Å². The summed E-state index contributed by atoms with van der Waals surface area (Å²) in [6.45, 7) is 3.17. The van der Waals surface area contributed by atoms with Crippen molar-refractivity contribution in [1.29, 1.82) is 0 Å². The summed E-state index contributed by atoms with van der Waals surface area (Å²) in [5, 5.41) is 10.4. The molecule has 42 heavy (non-hydrogen) atoms. The molecule has 1 aromatic heterocycles. The first kappa shape index (κ1) is 30.6. The minimum Gasteiger partial charge on any atom is -0.493 e. The Bertz CT molecular complexity index is 1880. The van der Waals surface area contributed by atoms with Crippen molar-refractivity contribution in [2.24, 2.45) is 0 Å². The van der Waals surface area contributed by atoms with E-state index in [1.165, 1.54) is 50.2 Å². The van der Waals surface area contributed by atoms with Crippen LogP contribution >= 0.6 is 15.9 Å². The summed E-state index contributed by atoms with van der Waals surface area (Å²) in [5.74, 6) is 0.252. The summed E-state index contributed by atoms with van der Waals surface area (Å²) < 4.78 is 99.1. The van der Waals surface area contributed by atoms with Gasteiger partial charge < -0.3 is 14.8 Å². The van der Waals surface area contributed by atoms with Gasteiger partial charge in [0.2, 0.25) is 0 Å². The second-order valence-electron chi connectivity index (χ2n) is 11.1. The molecule has 0 fully saturated rings. The van der Waals surface area contributed by atoms with E-state index in [0.717, 1.165) is 6.07 Å². The van der Waals surface area contributed by atoms with Crippen LogP contribution in [0.4, 0.5) is 8.78 Å². The predicted molar refractivity (Wildman–Crippen MR) is 156 cm³/mol. The van der Waals surface area contributed by atoms with E-state index in [1.54, 1.807) is 24.3 Å². The number of fused-ring (bicyclic) bond motifs is 2. The third-order valence-corrected chi connectivity index (χ3v) is 11.1. The fourth-order valence-electron chi connectivity index (χ4n) is 5.74. The summed E-state index contributed by atoms with van der Waals surface area (Å²) in [7, 11) is -9.33. The van der Waals surface area contributed by atoms with Crippen molar-refractivity contribution in [3.8, 4) is 5.75 Å². The second-order valence-corrected chi connectivity index (χ2v) is 15.4. The lowest BCUT2D eigenvalue weighted by atomic mass is 9.73. The van der Waals surface area contributed by atoms with E-state index in [1.807, 2.05) is 0 Å². The third kappa shape index (κ3) is 5.48. The first-order valence-electron chi connectivity index (χ1n) is 12.9. The maximum absolute atomic E-state index is 15.3. The zero-order chi connectivity index (χ0) is 30.7. The van der Waals surface area contributed by atoms with Gasteiger partial charge in [0.1, 0.15) is 16.6 Å². The van der Waals surface area contributed by atoms with Crippen LogP contribution in [0.1, 0.15) is 42.3 Å². The molecule has 5 rings (SSSR count). The van der Waals surface area contributed by atoms with Crippen LogP contribution in [-0.2, 0) is 31.8 Å². The number of H-pyrrole nitrogens is 1. The average molecular weight is 685 g/mol. The van der Waals surface area contributed by atoms with Crippen LogP contribution < -0.4 is 4.74 Å². The van der Waals surface area contributed by atoms with Gasteiger partial charge in [0.25, 0.3) is 16.5 Å². The van der Waals surface area contributed by atoms with Gasteiger partial charge in [-0.15, -0.1) is 0 Å². The number of alkyl halides is 2. The maximum Gasteiger partial charge on any atom is 0.294 e. The van der Waals surface area contributed by atoms with E-state index < -0.39 is 54.0 Å². The van der Waals surface area contributed by atoms with Gasteiger partial charge in [-0.05, 0) is 65.9 Å². The number of halogens is 3. The Balaban J connectivity index is 1.72. The number of sulfone groups is 1. The standard InChI is InChI=1S/C29H28BrF2NO7S2/c1-28(2,22-15-21(42(37,38)39)13-17-10-11-40-25(17)22)16-29(34,27(31)32)26(41(35,36)20-6-4-3-5-7-20)24-14-18-12-19(30)8-9-23(18)33-24/h3-9,12-15,26-27,33-34H,10-11,16H2,1-2H3,(H,37,38,39). The molecular weight excluding hydrogens is 656 g/mol. The Labute approximate surface area is 250 Å². The molecule has 0 saturated carbocycles. The monoisotopic (exact) mass is 683 g/mol. The van der Waals surface area contributed by atoms with Crippen LogP contribution in [0.5, 0.6) is 5.75 Å². The van der Waals surface area contributed by atoms with Gasteiger partial charge in [0.05, 0.1) is 16.4 Å². The molecule has 1 aliphatic rings. The molecule has 2 atom stereocenters.